The van der Waals surface area contributed by atoms with Crippen LogP contribution in [0.5, 0.6) is 5.75 Å². The molecule has 3 aromatic carbocycles. The zero-order chi connectivity index (χ0) is 27.9. The molecule has 202 valence electrons. The van der Waals surface area contributed by atoms with Crippen molar-refractivity contribution in [3.8, 4) is 16.9 Å². The van der Waals surface area contributed by atoms with E-state index in [1.807, 2.05) is 30.3 Å². The summed E-state index contributed by atoms with van der Waals surface area (Å²) in [4.78, 5) is 37.9. The molecule has 0 spiro atoms. The van der Waals surface area contributed by atoms with Gasteiger partial charge < -0.3 is 30.3 Å². The summed E-state index contributed by atoms with van der Waals surface area (Å²) < 4.78 is 25.3. The fraction of sp³-hybridized carbons (Fsp3) is 0.207. The monoisotopic (exact) mass is 532 g/mol. The minimum Gasteiger partial charge on any atom is -0.497 e. The Morgan fingerprint density at radius 3 is 2.56 bits per heavy atom. The summed E-state index contributed by atoms with van der Waals surface area (Å²) >= 11 is 0. The van der Waals surface area contributed by atoms with E-state index in [1.54, 1.807) is 37.4 Å². The van der Waals surface area contributed by atoms with E-state index < -0.39 is 18.0 Å². The number of hydrogen-bond acceptors (Lipinski definition) is 6. The van der Waals surface area contributed by atoms with Crippen molar-refractivity contribution in [3.05, 3.63) is 83.8 Å². The second-order valence-electron chi connectivity index (χ2n) is 8.77. The molecule has 0 bridgehead atoms. The lowest BCUT2D eigenvalue weighted by Gasteiger charge is -2.14. The Kier molecular flexibility index (Phi) is 8.57. The lowest BCUT2D eigenvalue weighted by molar-refractivity contribution is -0.106. The van der Waals surface area contributed by atoms with Gasteiger partial charge in [0.2, 0.25) is 0 Å². The van der Waals surface area contributed by atoms with Crippen LogP contribution in [0, 0.1) is 5.82 Å². The zero-order valence-corrected chi connectivity index (χ0v) is 21.6. The van der Waals surface area contributed by atoms with E-state index in [2.05, 4.69) is 10.3 Å². The number of fused-ring (bicyclic) bond motifs is 1. The molecule has 0 saturated carbocycles. The highest BCUT2D eigenvalue weighted by Gasteiger charge is 2.31. The van der Waals surface area contributed by atoms with Gasteiger partial charge in [-0.15, -0.1) is 0 Å². The van der Waals surface area contributed by atoms with Crippen LogP contribution in [0.1, 0.15) is 23.0 Å². The van der Waals surface area contributed by atoms with Gasteiger partial charge in [-0.25, -0.2) is 9.18 Å². The van der Waals surface area contributed by atoms with Crippen LogP contribution in [0.3, 0.4) is 0 Å². The molecule has 0 unspecified atom stereocenters. The van der Waals surface area contributed by atoms with Gasteiger partial charge in [-0.1, -0.05) is 24.3 Å². The van der Waals surface area contributed by atoms with E-state index >= 15 is 0 Å². The highest BCUT2D eigenvalue weighted by Crippen LogP contribution is 2.29. The molecule has 0 radical (unpaired) electrons. The largest absolute Gasteiger partial charge is 0.497 e. The molecule has 1 fully saturated rings. The number of cyclic esters (lactones) is 1. The highest BCUT2D eigenvalue weighted by molar-refractivity contribution is 5.98. The molecular weight excluding hydrogens is 503 g/mol. The first-order valence-corrected chi connectivity index (χ1v) is 12.3. The molecule has 1 atom stereocenters. The number of H-pyrrole nitrogens is 1. The van der Waals surface area contributed by atoms with Gasteiger partial charge in [-0.05, 0) is 60.5 Å². The number of nitrogens with one attached hydrogen (secondary N) is 2. The van der Waals surface area contributed by atoms with Crippen LogP contribution >= 0.6 is 0 Å². The number of nitrogens with two attached hydrogens (primary N) is 1. The molecule has 5 rings (SSSR count). The maximum atomic E-state index is 14.9. The first kappa shape index (κ1) is 27.3. The third-order valence-corrected chi connectivity index (χ3v) is 6.19. The van der Waals surface area contributed by atoms with Crippen LogP contribution in [0.4, 0.5) is 14.9 Å². The zero-order valence-electron chi connectivity index (χ0n) is 21.6. The second kappa shape index (κ2) is 12.2. The van der Waals surface area contributed by atoms with Crippen molar-refractivity contribution in [1.82, 2.24) is 10.3 Å². The second-order valence-corrected chi connectivity index (χ2v) is 8.77. The number of halogens is 1. The number of hydrogen-bond donors (Lipinski definition) is 3. The summed E-state index contributed by atoms with van der Waals surface area (Å²) in [6.45, 7) is 2.27. The third-order valence-electron chi connectivity index (χ3n) is 6.19. The summed E-state index contributed by atoms with van der Waals surface area (Å²) in [5, 5.41) is 3.78. The first-order valence-electron chi connectivity index (χ1n) is 12.3. The number of rotatable bonds is 7. The van der Waals surface area contributed by atoms with Crippen LogP contribution in [-0.4, -0.2) is 49.6 Å². The molecular formula is C29H29FN4O5. The van der Waals surface area contributed by atoms with Crippen LogP contribution in [0.15, 0.2) is 66.7 Å². The Morgan fingerprint density at radius 1 is 1.18 bits per heavy atom. The summed E-state index contributed by atoms with van der Waals surface area (Å²) in [5.74, 6) is 0.0413. The molecule has 1 aromatic heterocycles. The van der Waals surface area contributed by atoms with Gasteiger partial charge in [0.05, 0.1) is 19.3 Å². The number of carbonyl (C=O) groups excluding carboxylic acids is 3. The number of aromatic amines is 1. The number of ether oxygens (including phenoxy) is 2. The van der Waals surface area contributed by atoms with E-state index in [0.717, 1.165) is 28.5 Å². The molecule has 1 aliphatic heterocycles. The number of nitrogens with zero attached hydrogens (tertiary/aromatic N) is 1. The van der Waals surface area contributed by atoms with Crippen molar-refractivity contribution in [2.75, 3.05) is 25.1 Å². The third kappa shape index (κ3) is 6.24. The first-order chi connectivity index (χ1) is 18.9. The molecule has 1 aliphatic rings. The maximum absolute atomic E-state index is 14.9. The van der Waals surface area contributed by atoms with Crippen molar-refractivity contribution in [3.63, 3.8) is 0 Å². The lowest BCUT2D eigenvalue weighted by Crippen LogP contribution is -2.27. The molecule has 4 N–H and O–H groups in total. The SMILES string of the molecule is CC=O.COc1ccc2[nH]c(C(=O)NCc3ccc(-c4ccc(N5C[C@H](CN)OC5=O)cc4F)cc3)cc2c1. The Hall–Kier alpha value is -4.70. The summed E-state index contributed by atoms with van der Waals surface area (Å²) in [7, 11) is 1.60. The van der Waals surface area contributed by atoms with Gasteiger partial charge >= 0.3 is 6.09 Å². The minimum absolute atomic E-state index is 0.215. The standard InChI is InChI=1S/C27H25FN4O4.C2H4O/c1-35-20-7-9-24-18(10-20)11-25(31-24)26(33)30-14-16-2-4-17(5-3-16)22-8-6-19(12-23(22)28)32-15-21(13-29)36-27(32)34;1-2-3/h2-12,21,31H,13-15,29H2,1H3,(H,30,33);2H,1H3/t21-;/m0./s1. The fourth-order valence-electron chi connectivity index (χ4n) is 4.20. The summed E-state index contributed by atoms with van der Waals surface area (Å²) in [5.41, 5.74) is 9.25. The van der Waals surface area contributed by atoms with Crippen molar-refractivity contribution < 1.29 is 28.2 Å². The Morgan fingerprint density at radius 2 is 1.92 bits per heavy atom. The van der Waals surface area contributed by atoms with Gasteiger partial charge in [0.15, 0.2) is 0 Å². The number of anilines is 1. The fourth-order valence-corrected chi connectivity index (χ4v) is 4.20. The van der Waals surface area contributed by atoms with Crippen molar-refractivity contribution in [1.29, 1.82) is 0 Å². The number of amides is 2. The predicted molar refractivity (Wildman–Crippen MR) is 146 cm³/mol. The van der Waals surface area contributed by atoms with Gasteiger partial charge in [0.25, 0.3) is 5.91 Å². The van der Waals surface area contributed by atoms with Crippen molar-refractivity contribution in [2.24, 2.45) is 5.73 Å². The molecule has 10 heteroatoms. The van der Waals surface area contributed by atoms with Crippen molar-refractivity contribution in [2.45, 2.75) is 19.6 Å². The van der Waals surface area contributed by atoms with Crippen LogP contribution < -0.4 is 20.7 Å². The van der Waals surface area contributed by atoms with Gasteiger partial charge in [0.1, 0.15) is 29.7 Å². The number of aldehydes is 1. The number of methoxy groups -OCH3 is 1. The molecule has 2 amide bonds. The van der Waals surface area contributed by atoms with E-state index in [1.165, 1.54) is 17.9 Å². The maximum Gasteiger partial charge on any atom is 0.414 e. The molecule has 4 aromatic rings. The highest BCUT2D eigenvalue weighted by atomic mass is 19.1. The Balaban J connectivity index is 0.00000112. The van der Waals surface area contributed by atoms with Gasteiger partial charge in [-0.2, -0.15) is 0 Å². The quantitative estimate of drug-likeness (QED) is 0.303. The molecule has 1 saturated heterocycles. The number of carbonyl (C=O) groups is 3. The summed E-state index contributed by atoms with van der Waals surface area (Å²) in [6.07, 6.45) is -0.177. The van der Waals surface area contributed by atoms with E-state index in [-0.39, 0.29) is 12.5 Å². The normalized spacial score (nSPS) is 14.4. The van der Waals surface area contributed by atoms with Crippen molar-refractivity contribution >= 4 is 34.9 Å². The van der Waals surface area contributed by atoms with Gasteiger partial charge in [0, 0.05) is 29.6 Å². The molecule has 2 heterocycles. The smallest absolute Gasteiger partial charge is 0.414 e. The van der Waals surface area contributed by atoms with E-state index in [4.69, 9.17) is 20.0 Å². The summed E-state index contributed by atoms with van der Waals surface area (Å²) in [6, 6.07) is 19.2. The average molecular weight is 533 g/mol. The Labute approximate surface area is 224 Å². The molecule has 0 aliphatic carbocycles. The van der Waals surface area contributed by atoms with Gasteiger partial charge in [-0.3, -0.25) is 9.69 Å². The topological polar surface area (TPSA) is 127 Å². The molecule has 39 heavy (non-hydrogen) atoms. The minimum atomic E-state index is -0.531. The van der Waals surface area contributed by atoms with E-state index in [9.17, 15) is 14.0 Å². The predicted octanol–water partition coefficient (Wildman–Crippen LogP) is 4.40. The average Bonchev–Trinajstić information content (AvgIpc) is 3.55. The van der Waals surface area contributed by atoms with Crippen LogP contribution in [0.2, 0.25) is 0 Å². The number of benzene rings is 3. The number of aromatic nitrogens is 1. The van der Waals surface area contributed by atoms with E-state index in [0.29, 0.717) is 35.6 Å². The lowest BCUT2D eigenvalue weighted by atomic mass is 10.0. The Bertz CT molecular complexity index is 1490. The van der Waals surface area contributed by atoms with Crippen LogP contribution in [-0.2, 0) is 16.1 Å². The van der Waals surface area contributed by atoms with Crippen LogP contribution in [0.25, 0.3) is 22.0 Å². The molecule has 9 nitrogen and oxygen atoms in total.